The van der Waals surface area contributed by atoms with E-state index in [1.165, 1.54) is 23.0 Å². The third-order valence-electron chi connectivity index (χ3n) is 5.57. The van der Waals surface area contributed by atoms with E-state index in [4.69, 9.17) is 18.6 Å². The third-order valence-corrected chi connectivity index (χ3v) is 6.55. The van der Waals surface area contributed by atoms with Crippen molar-refractivity contribution in [3.8, 4) is 11.5 Å². The van der Waals surface area contributed by atoms with Gasteiger partial charge in [-0.15, -0.1) is 0 Å². The number of esters is 1. The summed E-state index contributed by atoms with van der Waals surface area (Å²) in [6, 6.07) is 8.19. The van der Waals surface area contributed by atoms with E-state index in [0.29, 0.717) is 49.3 Å². The minimum atomic E-state index is -0.749. The number of rotatable bonds is 7. The average Bonchev–Trinajstić information content (AvgIpc) is 3.42. The highest BCUT2D eigenvalue weighted by molar-refractivity contribution is 7.07. The van der Waals surface area contributed by atoms with Gasteiger partial charge in [-0.25, -0.2) is 9.79 Å². The van der Waals surface area contributed by atoms with E-state index in [9.17, 15) is 9.59 Å². The first kappa shape index (κ1) is 24.3. The van der Waals surface area contributed by atoms with Crippen molar-refractivity contribution in [1.29, 1.82) is 0 Å². The molecule has 0 N–H and O–H groups in total. The molecule has 184 valence electrons. The highest BCUT2D eigenvalue weighted by Crippen LogP contribution is 2.36. The number of methoxy groups -OCH3 is 2. The van der Waals surface area contributed by atoms with E-state index in [2.05, 4.69) is 4.99 Å². The first-order valence-corrected chi connectivity index (χ1v) is 11.8. The number of fused-ring (bicyclic) bond motifs is 1. The molecule has 9 nitrogen and oxygen atoms in total. The molecular weight excluding hydrogens is 470 g/mol. The van der Waals surface area contributed by atoms with Gasteiger partial charge in [0.25, 0.3) is 5.56 Å². The number of benzene rings is 1. The van der Waals surface area contributed by atoms with Crippen LogP contribution in [0.4, 0.5) is 5.88 Å². The Morgan fingerprint density at radius 2 is 1.94 bits per heavy atom. The Kier molecular flexibility index (Phi) is 6.83. The quantitative estimate of drug-likeness (QED) is 0.463. The van der Waals surface area contributed by atoms with Gasteiger partial charge in [-0.1, -0.05) is 17.4 Å². The maximum Gasteiger partial charge on any atom is 0.338 e. The molecule has 0 saturated carbocycles. The fourth-order valence-corrected chi connectivity index (χ4v) is 4.95. The number of allylic oxidation sites excluding steroid dienone is 1. The van der Waals surface area contributed by atoms with Crippen LogP contribution in [0.1, 0.15) is 31.2 Å². The third kappa shape index (κ3) is 4.49. The molecule has 3 aromatic rings. The van der Waals surface area contributed by atoms with Gasteiger partial charge in [0, 0.05) is 26.2 Å². The summed E-state index contributed by atoms with van der Waals surface area (Å²) in [5.41, 5.74) is 1.17. The fourth-order valence-electron chi connectivity index (χ4n) is 3.92. The maximum atomic E-state index is 13.7. The zero-order valence-corrected chi connectivity index (χ0v) is 21.3. The molecule has 0 radical (unpaired) electrons. The molecule has 0 saturated heterocycles. The average molecular weight is 498 g/mol. The predicted molar refractivity (Wildman–Crippen MR) is 133 cm³/mol. The van der Waals surface area contributed by atoms with Gasteiger partial charge < -0.3 is 23.5 Å². The lowest BCUT2D eigenvalue weighted by atomic mass is 9.95. The number of hydrogen-bond acceptors (Lipinski definition) is 9. The standard InChI is InChI=1S/C25H27N3O6S/c1-7-33-24(30)21-14(2)26-25-28(22(21)15-8-10-17(31-5)18(12-15)32-6)23(29)19(35-25)13-16-9-11-20(34-16)27(3)4/h8-13,22H,7H2,1-6H3. The normalized spacial score (nSPS) is 15.5. The van der Waals surface area contributed by atoms with Crippen LogP contribution >= 0.6 is 11.3 Å². The SMILES string of the molecule is CCOC(=O)C1=C(C)N=c2sc(=Cc3ccc(N(C)C)o3)c(=O)n2C1c1ccc(OC)c(OC)c1. The topological polar surface area (TPSA) is 95.5 Å². The lowest BCUT2D eigenvalue weighted by Gasteiger charge is -2.25. The van der Waals surface area contributed by atoms with Gasteiger partial charge in [0.15, 0.2) is 22.2 Å². The summed E-state index contributed by atoms with van der Waals surface area (Å²) in [4.78, 5) is 33.6. The van der Waals surface area contributed by atoms with E-state index in [1.54, 1.807) is 51.3 Å². The van der Waals surface area contributed by atoms with Crippen LogP contribution < -0.4 is 29.3 Å². The van der Waals surface area contributed by atoms with Crippen molar-refractivity contribution in [3.63, 3.8) is 0 Å². The van der Waals surface area contributed by atoms with Crippen LogP contribution in [0.5, 0.6) is 11.5 Å². The van der Waals surface area contributed by atoms with Gasteiger partial charge in [-0.05, 0) is 37.6 Å². The van der Waals surface area contributed by atoms with Crippen molar-refractivity contribution in [2.45, 2.75) is 19.9 Å². The molecule has 1 aromatic carbocycles. The van der Waals surface area contributed by atoms with Gasteiger partial charge in [0.2, 0.25) is 0 Å². The molecular formula is C25H27N3O6S. The lowest BCUT2D eigenvalue weighted by Crippen LogP contribution is -2.39. The summed E-state index contributed by atoms with van der Waals surface area (Å²) in [5.74, 6) is 1.72. The van der Waals surface area contributed by atoms with Crippen molar-refractivity contribution in [2.24, 2.45) is 4.99 Å². The second kappa shape index (κ2) is 9.83. The highest BCUT2D eigenvalue weighted by atomic mass is 32.1. The minimum Gasteiger partial charge on any atom is -0.493 e. The first-order chi connectivity index (χ1) is 16.8. The predicted octanol–water partition coefficient (Wildman–Crippen LogP) is 2.47. The number of anilines is 1. The van der Waals surface area contributed by atoms with Crippen molar-refractivity contribution < 1.29 is 23.4 Å². The molecule has 0 spiro atoms. The monoisotopic (exact) mass is 497 g/mol. The summed E-state index contributed by atoms with van der Waals surface area (Å²) < 4.78 is 23.9. The molecule has 0 bridgehead atoms. The molecule has 0 aliphatic carbocycles. The molecule has 3 heterocycles. The van der Waals surface area contributed by atoms with Crippen molar-refractivity contribution in [1.82, 2.24) is 4.57 Å². The molecule has 2 aromatic heterocycles. The van der Waals surface area contributed by atoms with Crippen molar-refractivity contribution in [3.05, 3.63) is 72.6 Å². The molecule has 1 unspecified atom stereocenters. The lowest BCUT2D eigenvalue weighted by molar-refractivity contribution is -0.139. The van der Waals surface area contributed by atoms with Crippen LogP contribution in [0, 0.1) is 0 Å². The van der Waals surface area contributed by atoms with Crippen LogP contribution in [0.2, 0.25) is 0 Å². The van der Waals surface area contributed by atoms with Gasteiger partial charge >= 0.3 is 5.97 Å². The number of hydrogen-bond donors (Lipinski definition) is 0. The summed E-state index contributed by atoms with van der Waals surface area (Å²) in [6.45, 7) is 3.68. The van der Waals surface area contributed by atoms with E-state index in [1.807, 2.05) is 25.1 Å². The Balaban J connectivity index is 1.94. The van der Waals surface area contributed by atoms with Gasteiger partial charge in [-0.2, -0.15) is 0 Å². The highest BCUT2D eigenvalue weighted by Gasteiger charge is 2.34. The summed E-state index contributed by atoms with van der Waals surface area (Å²) >= 11 is 1.23. The van der Waals surface area contributed by atoms with E-state index >= 15 is 0 Å². The molecule has 4 rings (SSSR count). The molecule has 0 fully saturated rings. The Labute approximate surface area is 206 Å². The molecule has 1 atom stereocenters. The molecule has 1 aliphatic rings. The largest absolute Gasteiger partial charge is 0.493 e. The Bertz CT molecular complexity index is 1480. The Morgan fingerprint density at radius 3 is 2.57 bits per heavy atom. The Morgan fingerprint density at radius 1 is 1.20 bits per heavy atom. The molecule has 1 aliphatic heterocycles. The summed E-state index contributed by atoms with van der Waals surface area (Å²) in [7, 11) is 6.83. The van der Waals surface area contributed by atoms with Crippen molar-refractivity contribution in [2.75, 3.05) is 39.8 Å². The molecule has 0 amide bonds. The summed E-state index contributed by atoms with van der Waals surface area (Å²) in [6.07, 6.45) is 1.69. The second-order valence-corrected chi connectivity index (χ2v) is 9.00. The van der Waals surface area contributed by atoms with Crippen LogP contribution in [0.15, 0.2) is 55.8 Å². The number of carbonyl (C=O) groups is 1. The molecule has 10 heteroatoms. The fraction of sp³-hybridized carbons (Fsp3) is 0.320. The smallest absolute Gasteiger partial charge is 0.338 e. The van der Waals surface area contributed by atoms with E-state index in [0.717, 1.165) is 0 Å². The molecule has 35 heavy (non-hydrogen) atoms. The van der Waals surface area contributed by atoms with E-state index < -0.39 is 12.0 Å². The van der Waals surface area contributed by atoms with Crippen LogP contribution in [-0.2, 0) is 9.53 Å². The number of carbonyl (C=O) groups excluding carboxylic acids is 1. The number of aromatic nitrogens is 1. The number of nitrogens with zero attached hydrogens (tertiary/aromatic N) is 3. The number of ether oxygens (including phenoxy) is 3. The van der Waals surface area contributed by atoms with Crippen LogP contribution in [0.25, 0.3) is 6.08 Å². The van der Waals surface area contributed by atoms with Gasteiger partial charge in [-0.3, -0.25) is 9.36 Å². The minimum absolute atomic E-state index is 0.200. The first-order valence-electron chi connectivity index (χ1n) is 11.0. The van der Waals surface area contributed by atoms with Gasteiger partial charge in [0.05, 0.1) is 42.7 Å². The Hall–Kier alpha value is -3.79. The zero-order valence-electron chi connectivity index (χ0n) is 20.4. The number of furan rings is 1. The zero-order chi connectivity index (χ0) is 25.3. The van der Waals surface area contributed by atoms with Crippen LogP contribution in [0.3, 0.4) is 0 Å². The van der Waals surface area contributed by atoms with Crippen molar-refractivity contribution >= 4 is 29.3 Å². The van der Waals surface area contributed by atoms with E-state index in [-0.39, 0.29) is 12.2 Å². The van der Waals surface area contributed by atoms with Gasteiger partial charge in [0.1, 0.15) is 5.76 Å². The summed E-state index contributed by atoms with van der Waals surface area (Å²) in [5, 5.41) is 0. The number of thiazole rings is 1. The van der Waals surface area contributed by atoms with Crippen LogP contribution in [-0.4, -0.2) is 45.5 Å². The maximum absolute atomic E-state index is 13.7. The second-order valence-electron chi connectivity index (χ2n) is 7.99.